The summed E-state index contributed by atoms with van der Waals surface area (Å²) in [6.45, 7) is 4.52. The minimum Gasteiger partial charge on any atom is -0.477 e. The lowest BCUT2D eigenvalue weighted by atomic mass is 10.1. The highest BCUT2D eigenvalue weighted by molar-refractivity contribution is 5.71. The van der Waals surface area contributed by atoms with Gasteiger partial charge in [0.05, 0.1) is 34.4 Å². The minimum atomic E-state index is -1.54. The minimum absolute atomic E-state index is 0.166. The molecular weight excluding hydrogens is 935 g/mol. The van der Waals surface area contributed by atoms with E-state index in [1.165, 1.54) is 32.1 Å². The van der Waals surface area contributed by atoms with Gasteiger partial charge in [-0.15, -0.1) is 0 Å². The lowest BCUT2D eigenvalue weighted by Gasteiger charge is -2.25. The molecule has 420 valence electrons. The molecule has 2 atom stereocenters. The first-order valence-corrected chi connectivity index (χ1v) is 28.6. The standard InChI is InChI=1S/C66H103NO8/c1-6-8-10-12-14-16-18-20-22-24-26-27-28-29-30-31-32-33-34-35-36-37-39-41-43-45-47-49-51-53-55-57-64(69)75-62(61-74-66(65(70)71)72-59-58-67(3,4)5)60-73-63(68)56-54-52-50-48-46-44-42-40-38-25-23-21-19-17-15-13-11-9-7-2/h8-11,14-17,20-23,26-27,29-30,32-33,35-36,38,40,44,46,50,52,62,66H,6-7,12-13,18-19,24-25,28,31,34,37,39,41-43,45,47-49,51,53-61H2,1-5H3/p+1/b10-8-,11-9-,16-14-,17-15-,22-20-,23-21-,27-26-,30-29-,33-32-,36-35-,40-38-,46-44-,52-50-. The normalized spacial score (nSPS) is 14.0. The fraction of sp³-hybridized carbons (Fsp3) is 0.561. The second kappa shape index (κ2) is 55.2. The number of likely N-dealkylation sites (N-methyl/N-ethyl adjacent to an activating group) is 1. The summed E-state index contributed by atoms with van der Waals surface area (Å²) in [7, 11) is 5.93. The van der Waals surface area contributed by atoms with Gasteiger partial charge >= 0.3 is 17.9 Å². The van der Waals surface area contributed by atoms with Crippen LogP contribution in [-0.4, -0.2) is 87.4 Å². The Morgan fingerprint density at radius 1 is 0.400 bits per heavy atom. The predicted octanol–water partition coefficient (Wildman–Crippen LogP) is 17.0. The number of hydrogen-bond donors (Lipinski definition) is 1. The molecule has 0 saturated carbocycles. The van der Waals surface area contributed by atoms with Crippen LogP contribution in [0.1, 0.15) is 181 Å². The third-order valence-corrected chi connectivity index (χ3v) is 11.3. The Labute approximate surface area is 457 Å². The molecule has 0 aliphatic heterocycles. The van der Waals surface area contributed by atoms with Crippen LogP contribution in [0.3, 0.4) is 0 Å². The third-order valence-electron chi connectivity index (χ3n) is 11.3. The smallest absolute Gasteiger partial charge is 0.361 e. The Morgan fingerprint density at radius 3 is 1.12 bits per heavy atom. The first-order valence-electron chi connectivity index (χ1n) is 28.6. The number of ether oxygens (including phenoxy) is 4. The highest BCUT2D eigenvalue weighted by atomic mass is 16.7. The average Bonchev–Trinajstić information content (AvgIpc) is 3.38. The summed E-state index contributed by atoms with van der Waals surface area (Å²) in [6.07, 6.45) is 79.1. The van der Waals surface area contributed by atoms with Crippen molar-refractivity contribution in [2.24, 2.45) is 0 Å². The van der Waals surface area contributed by atoms with Gasteiger partial charge in [0.2, 0.25) is 0 Å². The highest BCUT2D eigenvalue weighted by Gasteiger charge is 2.25. The summed E-state index contributed by atoms with van der Waals surface area (Å²) < 4.78 is 22.7. The number of quaternary nitrogens is 1. The Hall–Kier alpha value is -5.09. The molecule has 0 rings (SSSR count). The van der Waals surface area contributed by atoms with Crippen molar-refractivity contribution in [2.45, 2.75) is 193 Å². The van der Waals surface area contributed by atoms with Crippen molar-refractivity contribution in [1.82, 2.24) is 0 Å². The summed E-state index contributed by atoms with van der Waals surface area (Å²) in [6, 6.07) is 0. The predicted molar refractivity (Wildman–Crippen MR) is 317 cm³/mol. The molecule has 0 aliphatic carbocycles. The largest absolute Gasteiger partial charge is 0.477 e. The lowest BCUT2D eigenvalue weighted by Crippen LogP contribution is -2.40. The molecule has 0 heterocycles. The van der Waals surface area contributed by atoms with Crippen molar-refractivity contribution in [1.29, 1.82) is 0 Å². The number of carboxylic acids is 1. The number of nitrogens with zero attached hydrogens (tertiary/aromatic N) is 1. The molecule has 0 aromatic heterocycles. The van der Waals surface area contributed by atoms with E-state index in [4.69, 9.17) is 18.9 Å². The van der Waals surface area contributed by atoms with Gasteiger partial charge < -0.3 is 28.5 Å². The van der Waals surface area contributed by atoms with Crippen molar-refractivity contribution < 1.29 is 42.9 Å². The Bertz CT molecular complexity index is 1780. The van der Waals surface area contributed by atoms with Crippen LogP contribution in [0.4, 0.5) is 0 Å². The summed E-state index contributed by atoms with van der Waals surface area (Å²) in [5.74, 6) is -2.15. The summed E-state index contributed by atoms with van der Waals surface area (Å²) >= 11 is 0. The van der Waals surface area contributed by atoms with Crippen molar-refractivity contribution >= 4 is 17.9 Å². The van der Waals surface area contributed by atoms with Crippen LogP contribution >= 0.6 is 0 Å². The molecule has 0 saturated heterocycles. The molecular formula is C66H104NO8+. The van der Waals surface area contributed by atoms with E-state index in [-0.39, 0.29) is 32.7 Å². The van der Waals surface area contributed by atoms with Crippen molar-refractivity contribution in [2.75, 3.05) is 47.5 Å². The molecule has 9 nitrogen and oxygen atoms in total. The maximum Gasteiger partial charge on any atom is 0.361 e. The van der Waals surface area contributed by atoms with Crippen LogP contribution in [0.15, 0.2) is 158 Å². The number of carboxylic acid groups (broad SMARTS) is 1. The molecule has 0 radical (unpaired) electrons. The average molecular weight is 1040 g/mol. The van der Waals surface area contributed by atoms with Crippen molar-refractivity contribution in [3.8, 4) is 0 Å². The van der Waals surface area contributed by atoms with Crippen LogP contribution in [0.5, 0.6) is 0 Å². The first-order chi connectivity index (χ1) is 36.6. The second-order valence-corrected chi connectivity index (χ2v) is 19.5. The van der Waals surface area contributed by atoms with Crippen LogP contribution in [-0.2, 0) is 33.3 Å². The molecule has 1 N–H and O–H groups in total. The number of esters is 2. The van der Waals surface area contributed by atoms with E-state index in [0.29, 0.717) is 23.9 Å². The second-order valence-electron chi connectivity index (χ2n) is 19.5. The fourth-order valence-corrected chi connectivity index (χ4v) is 6.96. The van der Waals surface area contributed by atoms with Crippen LogP contribution < -0.4 is 0 Å². The molecule has 0 aromatic rings. The Morgan fingerprint density at radius 2 is 0.747 bits per heavy atom. The Balaban J connectivity index is 4.37. The lowest BCUT2D eigenvalue weighted by molar-refractivity contribution is -0.870. The molecule has 0 spiro atoms. The van der Waals surface area contributed by atoms with Gasteiger partial charge in [-0.25, -0.2) is 4.79 Å². The molecule has 2 unspecified atom stereocenters. The number of allylic oxidation sites excluding steroid dienone is 26. The number of aliphatic carboxylic acids is 1. The molecule has 0 amide bonds. The number of hydrogen-bond acceptors (Lipinski definition) is 7. The molecule has 0 bridgehead atoms. The van der Waals surface area contributed by atoms with Crippen LogP contribution in [0.2, 0.25) is 0 Å². The number of unbranched alkanes of at least 4 members (excludes halogenated alkanes) is 9. The molecule has 0 fully saturated rings. The van der Waals surface area contributed by atoms with Gasteiger partial charge in [0.15, 0.2) is 6.10 Å². The van der Waals surface area contributed by atoms with E-state index in [0.717, 1.165) is 109 Å². The summed E-state index contributed by atoms with van der Waals surface area (Å²) in [4.78, 5) is 37.4. The van der Waals surface area contributed by atoms with Gasteiger partial charge in [0, 0.05) is 12.8 Å². The van der Waals surface area contributed by atoms with E-state index in [1.54, 1.807) is 0 Å². The van der Waals surface area contributed by atoms with E-state index < -0.39 is 30.3 Å². The van der Waals surface area contributed by atoms with E-state index in [9.17, 15) is 19.5 Å². The summed E-state index contributed by atoms with van der Waals surface area (Å²) in [5.41, 5.74) is 0. The highest BCUT2D eigenvalue weighted by Crippen LogP contribution is 2.13. The van der Waals surface area contributed by atoms with Crippen molar-refractivity contribution in [3.63, 3.8) is 0 Å². The zero-order valence-electron chi connectivity index (χ0n) is 47.6. The maximum atomic E-state index is 12.9. The van der Waals surface area contributed by atoms with E-state index in [1.807, 2.05) is 33.3 Å². The van der Waals surface area contributed by atoms with Crippen LogP contribution in [0, 0.1) is 0 Å². The molecule has 0 aromatic carbocycles. The quantitative estimate of drug-likeness (QED) is 0.0211. The van der Waals surface area contributed by atoms with E-state index in [2.05, 4.69) is 160 Å². The number of carbonyl (C=O) groups is 3. The van der Waals surface area contributed by atoms with Gasteiger partial charge in [-0.1, -0.05) is 217 Å². The summed E-state index contributed by atoms with van der Waals surface area (Å²) in [5, 5.41) is 9.70. The van der Waals surface area contributed by atoms with Gasteiger partial charge in [-0.05, 0) is 109 Å². The monoisotopic (exact) mass is 1040 g/mol. The Kier molecular flexibility index (Phi) is 51.4. The van der Waals surface area contributed by atoms with Crippen molar-refractivity contribution in [3.05, 3.63) is 158 Å². The zero-order valence-corrected chi connectivity index (χ0v) is 47.6. The van der Waals surface area contributed by atoms with Gasteiger partial charge in [-0.2, -0.15) is 0 Å². The van der Waals surface area contributed by atoms with Gasteiger partial charge in [0.1, 0.15) is 13.2 Å². The fourth-order valence-electron chi connectivity index (χ4n) is 6.96. The molecule has 75 heavy (non-hydrogen) atoms. The van der Waals surface area contributed by atoms with E-state index >= 15 is 0 Å². The third kappa shape index (κ3) is 56.5. The maximum absolute atomic E-state index is 12.9. The van der Waals surface area contributed by atoms with Crippen LogP contribution in [0.25, 0.3) is 0 Å². The molecule has 9 heteroatoms. The SMILES string of the molecule is CC/C=C\C/C=C\C/C=C\C/C=C\C/C=C\C/C=C\C/C=C\CCCCCCCCCCCC(=O)OC(COC(=O)CC/C=C\C/C=C\C/C=C\C/C=C\C/C=C\C/C=C\CC)COC(OCC[N+](C)(C)C)C(=O)O. The molecule has 0 aliphatic rings. The number of carbonyl (C=O) groups excluding carboxylic acids is 2. The number of rotatable bonds is 50. The zero-order chi connectivity index (χ0) is 54.8. The first kappa shape index (κ1) is 69.9. The topological polar surface area (TPSA) is 108 Å². The van der Waals surface area contributed by atoms with Gasteiger partial charge in [-0.3, -0.25) is 9.59 Å². The van der Waals surface area contributed by atoms with Gasteiger partial charge in [0.25, 0.3) is 6.29 Å².